The molecule has 1 fully saturated rings. The van der Waals surface area contributed by atoms with Crippen LogP contribution in [0.15, 0.2) is 24.3 Å². The Hall–Kier alpha value is -1.98. The summed E-state index contributed by atoms with van der Waals surface area (Å²) in [5.41, 5.74) is 1.39. The van der Waals surface area contributed by atoms with Gasteiger partial charge in [0, 0.05) is 18.5 Å². The number of amides is 1. The zero-order valence-corrected chi connectivity index (χ0v) is 12.3. The van der Waals surface area contributed by atoms with Crippen LogP contribution in [0.25, 0.3) is 0 Å². The van der Waals surface area contributed by atoms with Gasteiger partial charge in [0.05, 0.1) is 0 Å². The lowest BCUT2D eigenvalue weighted by molar-refractivity contribution is -0.144. The Bertz CT molecular complexity index is 564. The van der Waals surface area contributed by atoms with Gasteiger partial charge in [-0.2, -0.15) is 0 Å². The van der Waals surface area contributed by atoms with Crippen LogP contribution in [0.3, 0.4) is 0 Å². The number of carboxylic acids is 1. The standard InChI is InChI=1S/C16H19F2NO3/c1-10(15(21)22)14(20)19-13-4-2-3-12(9-13)11-5-7-16(17,18)8-6-11/h2-4,9-11H,5-8H2,1H3,(H,19,20)(H,21,22). The normalized spacial score (nSPS) is 19.4. The van der Waals surface area contributed by atoms with Crippen molar-refractivity contribution in [3.8, 4) is 0 Å². The van der Waals surface area contributed by atoms with Gasteiger partial charge in [-0.05, 0) is 43.4 Å². The molecule has 1 amide bonds. The maximum Gasteiger partial charge on any atom is 0.315 e. The van der Waals surface area contributed by atoms with E-state index in [0.717, 1.165) is 5.56 Å². The van der Waals surface area contributed by atoms with Crippen LogP contribution in [0.5, 0.6) is 0 Å². The number of hydrogen-bond acceptors (Lipinski definition) is 2. The summed E-state index contributed by atoms with van der Waals surface area (Å²) in [6.07, 6.45) is 0.584. The maximum atomic E-state index is 13.2. The van der Waals surface area contributed by atoms with Gasteiger partial charge in [-0.3, -0.25) is 9.59 Å². The summed E-state index contributed by atoms with van der Waals surface area (Å²) in [6.45, 7) is 1.31. The number of carbonyl (C=O) groups excluding carboxylic acids is 1. The molecule has 0 aliphatic heterocycles. The lowest BCUT2D eigenvalue weighted by Gasteiger charge is -2.28. The SMILES string of the molecule is CC(C(=O)O)C(=O)Nc1cccc(C2CCC(F)(F)CC2)c1. The van der Waals surface area contributed by atoms with Crippen LogP contribution < -0.4 is 5.32 Å². The van der Waals surface area contributed by atoms with E-state index in [1.54, 1.807) is 18.2 Å². The second kappa shape index (κ2) is 6.42. The Balaban J connectivity index is 2.04. The Labute approximate surface area is 127 Å². The molecule has 120 valence electrons. The number of hydrogen-bond donors (Lipinski definition) is 2. The van der Waals surface area contributed by atoms with Gasteiger partial charge in [-0.1, -0.05) is 12.1 Å². The van der Waals surface area contributed by atoms with Crippen molar-refractivity contribution in [1.29, 1.82) is 0 Å². The van der Waals surface area contributed by atoms with Crippen LogP contribution in [-0.2, 0) is 9.59 Å². The highest BCUT2D eigenvalue weighted by Gasteiger charge is 2.35. The summed E-state index contributed by atoms with van der Waals surface area (Å²) in [6, 6.07) is 6.99. The third kappa shape index (κ3) is 4.02. The van der Waals surface area contributed by atoms with Gasteiger partial charge in [0.1, 0.15) is 5.92 Å². The first-order valence-electron chi connectivity index (χ1n) is 7.30. The molecule has 2 N–H and O–H groups in total. The van der Waals surface area contributed by atoms with E-state index in [-0.39, 0.29) is 18.8 Å². The summed E-state index contributed by atoms with van der Waals surface area (Å²) >= 11 is 0. The zero-order valence-electron chi connectivity index (χ0n) is 12.3. The minimum absolute atomic E-state index is 0.0494. The molecule has 1 unspecified atom stereocenters. The Kier molecular flexibility index (Phi) is 4.78. The first-order chi connectivity index (χ1) is 10.3. The van der Waals surface area contributed by atoms with Gasteiger partial charge < -0.3 is 10.4 Å². The molecule has 1 aliphatic rings. The highest BCUT2D eigenvalue weighted by molar-refractivity contribution is 6.03. The first kappa shape index (κ1) is 16.4. The third-order valence-corrected chi connectivity index (χ3v) is 4.11. The zero-order chi connectivity index (χ0) is 16.3. The minimum Gasteiger partial charge on any atom is -0.481 e. The van der Waals surface area contributed by atoms with Gasteiger partial charge in [0.15, 0.2) is 0 Å². The number of benzene rings is 1. The average Bonchev–Trinajstić information content (AvgIpc) is 2.46. The predicted octanol–water partition coefficient (Wildman–Crippen LogP) is 3.64. The molecule has 2 rings (SSSR count). The van der Waals surface area contributed by atoms with Gasteiger partial charge in [-0.15, -0.1) is 0 Å². The molecule has 4 nitrogen and oxygen atoms in total. The fraction of sp³-hybridized carbons (Fsp3) is 0.500. The summed E-state index contributed by atoms with van der Waals surface area (Å²) < 4.78 is 26.4. The van der Waals surface area contributed by atoms with E-state index in [0.29, 0.717) is 18.5 Å². The Morgan fingerprint density at radius 3 is 2.55 bits per heavy atom. The number of anilines is 1. The van der Waals surface area contributed by atoms with Crippen molar-refractivity contribution in [2.45, 2.75) is 44.4 Å². The second-order valence-electron chi connectivity index (χ2n) is 5.80. The highest BCUT2D eigenvalue weighted by atomic mass is 19.3. The highest BCUT2D eigenvalue weighted by Crippen LogP contribution is 2.41. The van der Waals surface area contributed by atoms with Crippen LogP contribution in [0, 0.1) is 5.92 Å². The molecular formula is C16H19F2NO3. The molecule has 0 aromatic heterocycles. The maximum absolute atomic E-state index is 13.2. The molecule has 22 heavy (non-hydrogen) atoms. The van der Waals surface area contributed by atoms with E-state index in [4.69, 9.17) is 5.11 Å². The molecule has 0 radical (unpaired) electrons. The van der Waals surface area contributed by atoms with Crippen LogP contribution >= 0.6 is 0 Å². The van der Waals surface area contributed by atoms with Crippen molar-refractivity contribution in [1.82, 2.24) is 0 Å². The van der Waals surface area contributed by atoms with Crippen molar-refractivity contribution < 1.29 is 23.5 Å². The Morgan fingerprint density at radius 1 is 1.32 bits per heavy atom. The molecule has 1 aromatic rings. The van der Waals surface area contributed by atoms with Gasteiger partial charge >= 0.3 is 5.97 Å². The lowest BCUT2D eigenvalue weighted by Crippen LogP contribution is -2.27. The molecular weight excluding hydrogens is 292 g/mol. The molecule has 0 spiro atoms. The number of carbonyl (C=O) groups is 2. The smallest absolute Gasteiger partial charge is 0.315 e. The Morgan fingerprint density at radius 2 is 1.95 bits per heavy atom. The third-order valence-electron chi connectivity index (χ3n) is 4.11. The largest absolute Gasteiger partial charge is 0.481 e. The molecule has 1 saturated carbocycles. The number of alkyl halides is 2. The number of rotatable bonds is 4. The van der Waals surface area contributed by atoms with E-state index >= 15 is 0 Å². The summed E-state index contributed by atoms with van der Waals surface area (Å²) in [7, 11) is 0. The van der Waals surface area contributed by atoms with Crippen molar-refractivity contribution >= 4 is 17.6 Å². The second-order valence-corrected chi connectivity index (χ2v) is 5.80. The molecule has 0 heterocycles. The predicted molar refractivity (Wildman–Crippen MR) is 78.0 cm³/mol. The van der Waals surface area contributed by atoms with Crippen molar-refractivity contribution in [3.63, 3.8) is 0 Å². The molecule has 6 heteroatoms. The molecule has 1 aromatic carbocycles. The molecule has 0 bridgehead atoms. The first-order valence-corrected chi connectivity index (χ1v) is 7.30. The monoisotopic (exact) mass is 311 g/mol. The quantitative estimate of drug-likeness (QED) is 0.834. The van der Waals surface area contributed by atoms with E-state index in [1.807, 2.05) is 6.07 Å². The van der Waals surface area contributed by atoms with E-state index in [9.17, 15) is 18.4 Å². The van der Waals surface area contributed by atoms with E-state index in [2.05, 4.69) is 5.32 Å². The van der Waals surface area contributed by atoms with Gasteiger partial charge in [-0.25, -0.2) is 8.78 Å². The van der Waals surface area contributed by atoms with Crippen molar-refractivity contribution in [3.05, 3.63) is 29.8 Å². The van der Waals surface area contributed by atoms with E-state index in [1.165, 1.54) is 6.92 Å². The molecule has 1 aliphatic carbocycles. The van der Waals surface area contributed by atoms with Gasteiger partial charge in [0.2, 0.25) is 11.8 Å². The summed E-state index contributed by atoms with van der Waals surface area (Å²) in [4.78, 5) is 22.5. The average molecular weight is 311 g/mol. The fourth-order valence-corrected chi connectivity index (χ4v) is 2.61. The van der Waals surface area contributed by atoms with E-state index < -0.39 is 23.7 Å². The summed E-state index contributed by atoms with van der Waals surface area (Å²) in [5.74, 6) is -5.45. The van der Waals surface area contributed by atoms with Crippen LogP contribution in [0.1, 0.15) is 44.1 Å². The molecule has 0 saturated heterocycles. The topological polar surface area (TPSA) is 66.4 Å². The number of carboxylic acid groups (broad SMARTS) is 1. The number of halogens is 2. The van der Waals surface area contributed by atoms with Crippen LogP contribution in [0.4, 0.5) is 14.5 Å². The fourth-order valence-electron chi connectivity index (χ4n) is 2.61. The lowest BCUT2D eigenvalue weighted by atomic mass is 9.82. The van der Waals surface area contributed by atoms with Crippen molar-refractivity contribution in [2.24, 2.45) is 5.92 Å². The molecule has 1 atom stereocenters. The van der Waals surface area contributed by atoms with Crippen LogP contribution in [0.2, 0.25) is 0 Å². The summed E-state index contributed by atoms with van der Waals surface area (Å²) in [5, 5.41) is 11.4. The van der Waals surface area contributed by atoms with Crippen molar-refractivity contribution in [2.75, 3.05) is 5.32 Å². The minimum atomic E-state index is -2.57. The number of nitrogens with one attached hydrogen (secondary N) is 1. The van der Waals surface area contributed by atoms with Crippen LogP contribution in [-0.4, -0.2) is 22.9 Å². The van der Waals surface area contributed by atoms with Gasteiger partial charge in [0.25, 0.3) is 0 Å². The number of aliphatic carboxylic acids is 1.